The summed E-state index contributed by atoms with van der Waals surface area (Å²) in [6.07, 6.45) is 0.485. The fourth-order valence-corrected chi connectivity index (χ4v) is 3.86. The van der Waals surface area contributed by atoms with E-state index in [4.69, 9.17) is 0 Å². The number of carbonyl (C=O) groups is 4. The molecule has 2 saturated heterocycles. The van der Waals surface area contributed by atoms with E-state index >= 15 is 0 Å². The van der Waals surface area contributed by atoms with Gasteiger partial charge in [-0.3, -0.25) is 24.6 Å². The van der Waals surface area contributed by atoms with Crippen LogP contribution in [0.15, 0.2) is 16.8 Å². The zero-order valence-electron chi connectivity index (χ0n) is 15.7. The number of thiophene rings is 1. The van der Waals surface area contributed by atoms with Crippen LogP contribution in [0.2, 0.25) is 0 Å². The molecule has 0 unspecified atom stereocenters. The summed E-state index contributed by atoms with van der Waals surface area (Å²) in [6, 6.07) is 1.42. The Morgan fingerprint density at radius 2 is 1.89 bits per heavy atom. The van der Waals surface area contributed by atoms with Gasteiger partial charge in [0.05, 0.1) is 5.56 Å². The Hall–Kier alpha value is -2.46. The van der Waals surface area contributed by atoms with Gasteiger partial charge in [-0.15, -0.1) is 0 Å². The van der Waals surface area contributed by atoms with E-state index in [0.717, 1.165) is 25.2 Å². The van der Waals surface area contributed by atoms with E-state index in [1.54, 1.807) is 0 Å². The van der Waals surface area contributed by atoms with Crippen molar-refractivity contribution in [1.29, 1.82) is 0 Å². The van der Waals surface area contributed by atoms with Crippen LogP contribution in [-0.4, -0.2) is 90.8 Å². The Morgan fingerprint density at radius 1 is 1.11 bits per heavy atom. The van der Waals surface area contributed by atoms with E-state index in [0.29, 0.717) is 32.7 Å². The lowest BCUT2D eigenvalue weighted by molar-refractivity contribution is -0.121. The number of piperazine rings is 1. The fraction of sp³-hybridized carbons (Fsp3) is 0.556. The van der Waals surface area contributed by atoms with Crippen LogP contribution in [0.4, 0.5) is 4.79 Å². The van der Waals surface area contributed by atoms with Crippen LogP contribution in [0.25, 0.3) is 0 Å². The smallest absolute Gasteiger partial charge is 0.324 e. The average Bonchev–Trinajstić information content (AvgIpc) is 3.22. The number of amides is 5. The summed E-state index contributed by atoms with van der Waals surface area (Å²) in [5.41, 5.74) is 0.748. The number of hydrogen-bond acceptors (Lipinski definition) is 6. The Morgan fingerprint density at radius 3 is 2.57 bits per heavy atom. The van der Waals surface area contributed by atoms with Crippen LogP contribution in [0.1, 0.15) is 23.2 Å². The van der Waals surface area contributed by atoms with Crippen LogP contribution in [0.5, 0.6) is 0 Å². The topological polar surface area (TPSA) is 102 Å². The molecule has 0 spiro atoms. The molecule has 3 rings (SSSR count). The first-order valence-electron chi connectivity index (χ1n) is 9.42. The maximum absolute atomic E-state index is 12.3. The molecule has 0 radical (unpaired) electrons. The van der Waals surface area contributed by atoms with Gasteiger partial charge in [-0.05, 0) is 11.4 Å². The van der Waals surface area contributed by atoms with Crippen molar-refractivity contribution in [2.45, 2.75) is 12.8 Å². The third-order valence-electron chi connectivity index (χ3n) is 4.93. The zero-order valence-corrected chi connectivity index (χ0v) is 16.5. The van der Waals surface area contributed by atoms with E-state index in [1.165, 1.54) is 16.2 Å². The molecular formula is C18H25N5O4S. The van der Waals surface area contributed by atoms with Crippen molar-refractivity contribution in [1.82, 2.24) is 25.3 Å². The van der Waals surface area contributed by atoms with Gasteiger partial charge in [0, 0.05) is 70.6 Å². The summed E-state index contributed by atoms with van der Waals surface area (Å²) < 4.78 is 0. The number of carbonyl (C=O) groups excluding carboxylic acids is 4. The molecule has 2 aliphatic rings. The van der Waals surface area contributed by atoms with E-state index in [2.05, 4.69) is 15.5 Å². The second-order valence-corrected chi connectivity index (χ2v) is 7.62. The van der Waals surface area contributed by atoms with Gasteiger partial charge in [0.25, 0.3) is 5.91 Å². The first kappa shape index (κ1) is 20.3. The summed E-state index contributed by atoms with van der Waals surface area (Å²) >= 11 is 1.52. The van der Waals surface area contributed by atoms with Crippen molar-refractivity contribution in [2.24, 2.45) is 0 Å². The molecule has 0 aromatic carbocycles. The van der Waals surface area contributed by atoms with E-state index in [1.807, 2.05) is 21.7 Å². The molecule has 1 aromatic heterocycles. The van der Waals surface area contributed by atoms with Crippen molar-refractivity contribution in [3.63, 3.8) is 0 Å². The minimum absolute atomic E-state index is 0.0812. The highest BCUT2D eigenvalue weighted by Crippen LogP contribution is 2.11. The molecule has 2 aliphatic heterocycles. The van der Waals surface area contributed by atoms with Gasteiger partial charge in [0.2, 0.25) is 11.8 Å². The normalized spacial score (nSPS) is 18.1. The van der Waals surface area contributed by atoms with Gasteiger partial charge < -0.3 is 15.1 Å². The molecule has 152 valence electrons. The van der Waals surface area contributed by atoms with E-state index in [9.17, 15) is 19.2 Å². The van der Waals surface area contributed by atoms with Gasteiger partial charge in [-0.2, -0.15) is 11.3 Å². The van der Waals surface area contributed by atoms with Crippen molar-refractivity contribution in [3.05, 3.63) is 22.4 Å². The largest absolute Gasteiger partial charge is 0.355 e. The number of nitrogens with zero attached hydrogens (tertiary/aromatic N) is 3. The minimum atomic E-state index is -0.432. The fourth-order valence-electron chi connectivity index (χ4n) is 3.23. The first-order valence-corrected chi connectivity index (χ1v) is 10.4. The third kappa shape index (κ3) is 5.52. The Balaban J connectivity index is 1.28. The van der Waals surface area contributed by atoms with Crippen LogP contribution in [-0.2, 0) is 9.59 Å². The molecule has 2 fully saturated rings. The molecule has 0 bridgehead atoms. The minimum Gasteiger partial charge on any atom is -0.355 e. The molecule has 0 aliphatic carbocycles. The predicted octanol–water partition coefficient (Wildman–Crippen LogP) is -0.0459. The molecular weight excluding hydrogens is 382 g/mol. The maximum atomic E-state index is 12.3. The summed E-state index contributed by atoms with van der Waals surface area (Å²) in [4.78, 5) is 52.6. The second-order valence-electron chi connectivity index (χ2n) is 6.84. The van der Waals surface area contributed by atoms with Crippen molar-refractivity contribution in [2.75, 3.05) is 52.4 Å². The van der Waals surface area contributed by atoms with Crippen LogP contribution in [0, 0.1) is 0 Å². The quantitative estimate of drug-likeness (QED) is 0.660. The highest BCUT2D eigenvalue weighted by atomic mass is 32.1. The summed E-state index contributed by atoms with van der Waals surface area (Å²) in [5.74, 6) is -0.309. The van der Waals surface area contributed by atoms with Crippen molar-refractivity contribution < 1.29 is 19.2 Å². The number of hydrogen-bond donors (Lipinski definition) is 2. The Labute approximate surface area is 167 Å². The third-order valence-corrected chi connectivity index (χ3v) is 5.61. The van der Waals surface area contributed by atoms with Crippen LogP contribution >= 0.6 is 11.3 Å². The first-order chi connectivity index (χ1) is 13.5. The van der Waals surface area contributed by atoms with Gasteiger partial charge in [0.15, 0.2) is 0 Å². The Bertz CT molecular complexity index is 716. The molecule has 2 N–H and O–H groups in total. The summed E-state index contributed by atoms with van der Waals surface area (Å²) in [6.45, 7) is 4.85. The summed E-state index contributed by atoms with van der Waals surface area (Å²) in [7, 11) is 0. The molecule has 28 heavy (non-hydrogen) atoms. The molecule has 1 aromatic rings. The Kier molecular flexibility index (Phi) is 6.99. The molecule has 0 atom stereocenters. The molecule has 9 nitrogen and oxygen atoms in total. The molecule has 0 saturated carbocycles. The molecule has 5 amide bonds. The van der Waals surface area contributed by atoms with E-state index < -0.39 is 6.03 Å². The van der Waals surface area contributed by atoms with Crippen molar-refractivity contribution >= 4 is 35.1 Å². The average molecular weight is 407 g/mol. The number of imide groups is 1. The maximum Gasteiger partial charge on any atom is 0.324 e. The summed E-state index contributed by atoms with van der Waals surface area (Å²) in [5, 5.41) is 8.88. The lowest BCUT2D eigenvalue weighted by Gasteiger charge is -2.34. The van der Waals surface area contributed by atoms with Gasteiger partial charge in [0.1, 0.15) is 0 Å². The van der Waals surface area contributed by atoms with E-state index in [-0.39, 0.29) is 30.6 Å². The number of rotatable bonds is 7. The number of urea groups is 1. The lowest BCUT2D eigenvalue weighted by Crippen LogP contribution is -2.51. The highest BCUT2D eigenvalue weighted by molar-refractivity contribution is 7.08. The van der Waals surface area contributed by atoms with Crippen LogP contribution < -0.4 is 10.6 Å². The second kappa shape index (κ2) is 9.65. The zero-order chi connectivity index (χ0) is 19.9. The van der Waals surface area contributed by atoms with Gasteiger partial charge in [-0.25, -0.2) is 4.79 Å². The molecule has 3 heterocycles. The molecule has 10 heteroatoms. The standard InChI is InChI=1S/C18H25N5O4S/c24-15(1-5-23-6-2-16(25)20-18(23)27)19-4-7-21-8-10-22(11-9-21)17(26)14-3-12-28-13-14/h3,12-13H,1-2,4-11H2,(H,19,24)(H,20,25,27). The van der Waals surface area contributed by atoms with Gasteiger partial charge in [-0.1, -0.05) is 0 Å². The van der Waals surface area contributed by atoms with Crippen LogP contribution in [0.3, 0.4) is 0 Å². The SMILES string of the molecule is O=C(CCN1CCC(=O)NC1=O)NCCN1CCN(C(=O)c2ccsc2)CC1. The highest BCUT2D eigenvalue weighted by Gasteiger charge is 2.24. The lowest BCUT2D eigenvalue weighted by atomic mass is 10.2. The number of nitrogens with one attached hydrogen (secondary N) is 2. The predicted molar refractivity (Wildman–Crippen MR) is 104 cm³/mol. The monoisotopic (exact) mass is 407 g/mol. The van der Waals surface area contributed by atoms with Gasteiger partial charge >= 0.3 is 6.03 Å². The van der Waals surface area contributed by atoms with Crippen molar-refractivity contribution in [3.8, 4) is 0 Å².